The molecule has 0 bridgehead atoms. The first-order chi connectivity index (χ1) is 8.90. The number of rotatable bonds is 3. The minimum atomic E-state index is -3.60. The van der Waals surface area contributed by atoms with Crippen LogP contribution in [-0.4, -0.2) is 26.6 Å². The van der Waals surface area contributed by atoms with E-state index in [1.54, 1.807) is 24.3 Å². The highest BCUT2D eigenvalue weighted by Crippen LogP contribution is 2.28. The van der Waals surface area contributed by atoms with Gasteiger partial charge < -0.3 is 4.90 Å². The van der Waals surface area contributed by atoms with E-state index >= 15 is 0 Å². The van der Waals surface area contributed by atoms with E-state index in [0.29, 0.717) is 11.3 Å². The molecule has 1 aliphatic rings. The van der Waals surface area contributed by atoms with Crippen molar-refractivity contribution in [2.24, 2.45) is 11.1 Å². The predicted octanol–water partition coefficient (Wildman–Crippen LogP) is 0.200. The number of anilines is 1. The average Bonchev–Trinajstić information content (AvgIpc) is 2.67. The van der Waals surface area contributed by atoms with Crippen molar-refractivity contribution in [3.05, 3.63) is 29.8 Å². The molecule has 1 amide bonds. The Morgan fingerprint density at radius 1 is 1.42 bits per heavy atom. The van der Waals surface area contributed by atoms with Crippen LogP contribution in [0.2, 0.25) is 0 Å². The van der Waals surface area contributed by atoms with Gasteiger partial charge in [0.1, 0.15) is 6.07 Å². The van der Waals surface area contributed by atoms with Gasteiger partial charge in [-0.15, -0.1) is 0 Å². The molecule has 1 unspecified atom stereocenters. The Kier molecular flexibility index (Phi) is 3.55. The molecule has 1 aromatic rings. The molecule has 1 aromatic carbocycles. The quantitative estimate of drug-likeness (QED) is 0.853. The average molecular weight is 279 g/mol. The van der Waals surface area contributed by atoms with Gasteiger partial charge >= 0.3 is 0 Å². The molecule has 0 aliphatic carbocycles. The van der Waals surface area contributed by atoms with Gasteiger partial charge in [0, 0.05) is 18.9 Å². The lowest BCUT2D eigenvalue weighted by molar-refractivity contribution is -0.117. The Labute approximate surface area is 111 Å². The van der Waals surface area contributed by atoms with E-state index in [1.807, 2.05) is 6.07 Å². The summed E-state index contributed by atoms with van der Waals surface area (Å²) >= 11 is 0. The van der Waals surface area contributed by atoms with Crippen LogP contribution in [0.15, 0.2) is 24.3 Å². The lowest BCUT2D eigenvalue weighted by Gasteiger charge is -2.17. The van der Waals surface area contributed by atoms with Gasteiger partial charge in [-0.2, -0.15) is 5.26 Å². The van der Waals surface area contributed by atoms with Crippen molar-refractivity contribution < 1.29 is 13.2 Å². The molecule has 7 heteroatoms. The number of benzene rings is 1. The Morgan fingerprint density at radius 3 is 2.74 bits per heavy atom. The fourth-order valence-electron chi connectivity index (χ4n) is 2.26. The number of amides is 1. The molecule has 0 aromatic heterocycles. The van der Waals surface area contributed by atoms with Gasteiger partial charge in [0.25, 0.3) is 0 Å². The van der Waals surface area contributed by atoms with E-state index in [0.717, 1.165) is 0 Å². The van der Waals surface area contributed by atoms with E-state index in [4.69, 9.17) is 10.4 Å². The molecule has 2 N–H and O–H groups in total. The van der Waals surface area contributed by atoms with Crippen LogP contribution in [0.25, 0.3) is 0 Å². The lowest BCUT2D eigenvalue weighted by atomic mass is 10.1. The third-order valence-corrected chi connectivity index (χ3v) is 3.92. The zero-order valence-electron chi connectivity index (χ0n) is 10.1. The number of para-hydroxylation sites is 1. The van der Waals surface area contributed by atoms with Crippen molar-refractivity contribution in [3.8, 4) is 6.07 Å². The maximum atomic E-state index is 11.9. The maximum Gasteiger partial charge on any atom is 0.227 e. The molecule has 6 nitrogen and oxygen atoms in total. The van der Waals surface area contributed by atoms with Gasteiger partial charge in [0.05, 0.1) is 17.0 Å². The molecule has 19 heavy (non-hydrogen) atoms. The van der Waals surface area contributed by atoms with Crippen LogP contribution in [-0.2, 0) is 14.8 Å². The second kappa shape index (κ2) is 4.99. The fraction of sp³-hybridized carbons (Fsp3) is 0.333. The summed E-state index contributed by atoms with van der Waals surface area (Å²) in [4.78, 5) is 13.4. The van der Waals surface area contributed by atoms with Crippen LogP contribution in [0, 0.1) is 17.2 Å². The highest BCUT2D eigenvalue weighted by Gasteiger charge is 2.33. The fourth-order valence-corrected chi connectivity index (χ4v) is 3.14. The molecule has 0 radical (unpaired) electrons. The number of primary sulfonamides is 1. The van der Waals surface area contributed by atoms with Gasteiger partial charge in [0.2, 0.25) is 15.9 Å². The van der Waals surface area contributed by atoms with E-state index in [1.165, 1.54) is 4.90 Å². The molecule has 1 fully saturated rings. The Bertz CT molecular complexity index is 648. The van der Waals surface area contributed by atoms with Crippen LogP contribution in [0.3, 0.4) is 0 Å². The summed E-state index contributed by atoms with van der Waals surface area (Å²) in [6.07, 6.45) is 0.135. The van der Waals surface area contributed by atoms with Crippen molar-refractivity contribution >= 4 is 21.6 Å². The van der Waals surface area contributed by atoms with Crippen LogP contribution in [0.5, 0.6) is 0 Å². The van der Waals surface area contributed by atoms with Gasteiger partial charge in [-0.05, 0) is 12.1 Å². The molecular formula is C12H13N3O3S. The summed E-state index contributed by atoms with van der Waals surface area (Å²) in [7, 11) is -3.60. The van der Waals surface area contributed by atoms with Crippen molar-refractivity contribution in [2.45, 2.75) is 6.42 Å². The monoisotopic (exact) mass is 279 g/mol. The highest BCUT2D eigenvalue weighted by atomic mass is 32.2. The molecule has 1 heterocycles. The first-order valence-electron chi connectivity index (χ1n) is 5.70. The topological polar surface area (TPSA) is 104 Å². The molecule has 0 spiro atoms. The molecule has 1 aliphatic heterocycles. The number of carbonyl (C=O) groups excluding carboxylic acids is 1. The summed E-state index contributed by atoms with van der Waals surface area (Å²) < 4.78 is 22.1. The first kappa shape index (κ1) is 13.5. The van der Waals surface area contributed by atoms with Gasteiger partial charge in [-0.1, -0.05) is 12.1 Å². The smallest absolute Gasteiger partial charge is 0.227 e. The SMILES string of the molecule is N#Cc1ccccc1N1CC(CS(N)(=O)=O)CC1=O. The molecule has 100 valence electrons. The molecule has 1 atom stereocenters. The van der Waals surface area contributed by atoms with E-state index in [9.17, 15) is 13.2 Å². The summed E-state index contributed by atoms with van der Waals surface area (Å²) in [5.74, 6) is -0.727. The number of sulfonamides is 1. The van der Waals surface area contributed by atoms with Gasteiger partial charge in [-0.25, -0.2) is 13.6 Å². The third-order valence-electron chi connectivity index (χ3n) is 2.99. The van der Waals surface area contributed by atoms with Crippen LogP contribution in [0.1, 0.15) is 12.0 Å². The van der Waals surface area contributed by atoms with Crippen LogP contribution in [0.4, 0.5) is 5.69 Å². The zero-order valence-corrected chi connectivity index (χ0v) is 10.9. The third kappa shape index (κ3) is 3.10. The zero-order chi connectivity index (χ0) is 14.0. The number of hydrogen-bond acceptors (Lipinski definition) is 4. The largest absolute Gasteiger partial charge is 0.311 e. The van der Waals surface area contributed by atoms with Crippen molar-refractivity contribution in [1.82, 2.24) is 0 Å². The van der Waals surface area contributed by atoms with Crippen LogP contribution < -0.4 is 10.0 Å². The Hall–Kier alpha value is -1.91. The highest BCUT2D eigenvalue weighted by molar-refractivity contribution is 7.89. The first-order valence-corrected chi connectivity index (χ1v) is 7.42. The van der Waals surface area contributed by atoms with Crippen molar-refractivity contribution in [3.63, 3.8) is 0 Å². The second-order valence-electron chi connectivity index (χ2n) is 4.53. The molecule has 1 saturated heterocycles. The number of hydrogen-bond donors (Lipinski definition) is 1. The molecule has 0 saturated carbocycles. The van der Waals surface area contributed by atoms with Crippen molar-refractivity contribution in [2.75, 3.05) is 17.2 Å². The number of nitrogens with two attached hydrogens (primary N) is 1. The summed E-state index contributed by atoms with van der Waals surface area (Å²) in [5, 5.41) is 14.0. The summed E-state index contributed by atoms with van der Waals surface area (Å²) in [6, 6.07) is 8.76. The molecule has 2 rings (SSSR count). The second-order valence-corrected chi connectivity index (χ2v) is 6.19. The number of nitriles is 1. The van der Waals surface area contributed by atoms with E-state index in [-0.39, 0.29) is 30.5 Å². The van der Waals surface area contributed by atoms with Crippen LogP contribution >= 0.6 is 0 Å². The van der Waals surface area contributed by atoms with Crippen molar-refractivity contribution in [1.29, 1.82) is 5.26 Å². The standard InChI is InChI=1S/C12H13N3O3S/c13-6-10-3-1-2-4-11(10)15-7-9(5-12(15)16)8-19(14,17)18/h1-4,9H,5,7-8H2,(H2,14,17,18). The lowest BCUT2D eigenvalue weighted by Crippen LogP contribution is -2.28. The Morgan fingerprint density at radius 2 is 2.11 bits per heavy atom. The normalized spacial score (nSPS) is 19.5. The van der Waals surface area contributed by atoms with E-state index in [2.05, 4.69) is 0 Å². The minimum absolute atomic E-state index is 0.135. The summed E-state index contributed by atoms with van der Waals surface area (Å²) in [5.41, 5.74) is 0.916. The number of carbonyl (C=O) groups is 1. The summed E-state index contributed by atoms with van der Waals surface area (Å²) in [6.45, 7) is 0.272. The van der Waals surface area contributed by atoms with Gasteiger partial charge in [-0.3, -0.25) is 4.79 Å². The predicted molar refractivity (Wildman–Crippen MR) is 69.6 cm³/mol. The maximum absolute atomic E-state index is 11.9. The number of nitrogens with zero attached hydrogens (tertiary/aromatic N) is 2. The molecular weight excluding hydrogens is 266 g/mol. The Balaban J connectivity index is 2.24. The van der Waals surface area contributed by atoms with E-state index < -0.39 is 10.0 Å². The van der Waals surface area contributed by atoms with Gasteiger partial charge in [0.15, 0.2) is 0 Å². The minimum Gasteiger partial charge on any atom is -0.311 e.